The summed E-state index contributed by atoms with van der Waals surface area (Å²) in [4.78, 5) is 26.1. The van der Waals surface area contributed by atoms with Crippen molar-refractivity contribution in [2.75, 3.05) is 18.4 Å². The summed E-state index contributed by atoms with van der Waals surface area (Å²) < 4.78 is 7.21. The number of nitrogens with one attached hydrogen (secondary N) is 1. The summed E-state index contributed by atoms with van der Waals surface area (Å²) in [7, 11) is 0. The van der Waals surface area contributed by atoms with Crippen molar-refractivity contribution < 1.29 is 14.3 Å². The van der Waals surface area contributed by atoms with Crippen molar-refractivity contribution in [1.82, 2.24) is 14.7 Å². The Kier molecular flexibility index (Phi) is 5.91. The maximum atomic E-state index is 12.2. The zero-order chi connectivity index (χ0) is 21.1. The van der Waals surface area contributed by atoms with Crippen molar-refractivity contribution >= 4 is 17.8 Å². The molecule has 1 saturated heterocycles. The molecule has 0 aromatic carbocycles. The number of rotatable bonds is 7. The third-order valence-electron chi connectivity index (χ3n) is 4.87. The normalized spacial score (nSPS) is 19.7. The van der Waals surface area contributed by atoms with Gasteiger partial charge in [0.15, 0.2) is 11.5 Å². The summed E-state index contributed by atoms with van der Waals surface area (Å²) in [5, 5.41) is 15.3. The van der Waals surface area contributed by atoms with E-state index in [0.29, 0.717) is 44.6 Å². The Balaban J connectivity index is 1.45. The number of aromatic nitrogens is 2. The maximum absolute atomic E-state index is 12.2. The largest absolute Gasteiger partial charge is 0.444 e. The van der Waals surface area contributed by atoms with Crippen molar-refractivity contribution in [3.8, 4) is 12.3 Å². The quantitative estimate of drug-likeness (QED) is 0.709. The topological polar surface area (TPSA) is 101 Å². The first-order valence-corrected chi connectivity index (χ1v) is 9.90. The lowest BCUT2D eigenvalue weighted by Gasteiger charge is -2.24. The number of anilines is 1. The molecule has 3 rings (SSSR count). The lowest BCUT2D eigenvalue weighted by Crippen LogP contribution is -2.35. The summed E-state index contributed by atoms with van der Waals surface area (Å²) >= 11 is 0. The number of nitrogens with zero attached hydrogens (tertiary/aromatic N) is 5. The summed E-state index contributed by atoms with van der Waals surface area (Å²) in [5.74, 6) is 2.94. The van der Waals surface area contributed by atoms with Gasteiger partial charge in [-0.25, -0.2) is 4.79 Å². The molecular formula is C20H28N6O3. The molecule has 0 radical (unpaired) electrons. The van der Waals surface area contributed by atoms with Crippen LogP contribution in [0.5, 0.6) is 0 Å². The van der Waals surface area contributed by atoms with Crippen LogP contribution >= 0.6 is 0 Å². The Morgan fingerprint density at radius 2 is 2.14 bits per heavy atom. The number of ether oxygens (including phenoxy) is 1. The van der Waals surface area contributed by atoms with Crippen LogP contribution in [0.4, 0.5) is 10.6 Å². The van der Waals surface area contributed by atoms with Gasteiger partial charge in [-0.05, 0) is 27.2 Å². The molecule has 3 heterocycles. The van der Waals surface area contributed by atoms with Crippen LogP contribution in [0.2, 0.25) is 0 Å². The predicted octanol–water partition coefficient (Wildman–Crippen LogP) is 3.36. The molecule has 1 unspecified atom stereocenters. The van der Waals surface area contributed by atoms with Gasteiger partial charge in [0, 0.05) is 51.0 Å². The molecule has 1 fully saturated rings. The molecule has 2 aliphatic rings. The van der Waals surface area contributed by atoms with Crippen molar-refractivity contribution in [1.29, 1.82) is 0 Å². The Hall–Kier alpha value is -2.89. The fourth-order valence-electron chi connectivity index (χ4n) is 3.25. The van der Waals surface area contributed by atoms with Crippen molar-refractivity contribution in [2.45, 2.75) is 70.2 Å². The maximum Gasteiger partial charge on any atom is 0.410 e. The molecule has 1 atom stereocenters. The molecule has 2 amide bonds. The van der Waals surface area contributed by atoms with Crippen molar-refractivity contribution in [2.24, 2.45) is 10.2 Å². The molecule has 29 heavy (non-hydrogen) atoms. The highest BCUT2D eigenvalue weighted by atomic mass is 16.6. The van der Waals surface area contributed by atoms with Crippen LogP contribution in [0, 0.1) is 12.3 Å². The van der Waals surface area contributed by atoms with Gasteiger partial charge in [0.05, 0.1) is 6.04 Å². The third-order valence-corrected chi connectivity index (χ3v) is 4.87. The van der Waals surface area contributed by atoms with E-state index in [1.165, 1.54) is 0 Å². The van der Waals surface area contributed by atoms with Crippen molar-refractivity contribution in [3.05, 3.63) is 12.3 Å². The molecule has 0 bridgehead atoms. The SMILES string of the molecule is C#CCCC1(CCC(=O)Nc2ccn(C3CCN(C(=O)OC(C)(C)C)C3)n2)N=N1. The summed E-state index contributed by atoms with van der Waals surface area (Å²) in [5.41, 5.74) is -0.975. The third kappa shape index (κ3) is 5.79. The minimum Gasteiger partial charge on any atom is -0.444 e. The number of amides is 2. The molecule has 2 aliphatic heterocycles. The Morgan fingerprint density at radius 1 is 1.38 bits per heavy atom. The number of hydrogen-bond donors (Lipinski definition) is 1. The van der Waals surface area contributed by atoms with Gasteiger partial charge in [0.25, 0.3) is 0 Å². The van der Waals surface area contributed by atoms with E-state index in [2.05, 4.69) is 26.6 Å². The lowest BCUT2D eigenvalue weighted by atomic mass is 10.0. The molecule has 9 heteroatoms. The lowest BCUT2D eigenvalue weighted by molar-refractivity contribution is -0.116. The minimum atomic E-state index is -0.515. The van der Waals surface area contributed by atoms with Crippen LogP contribution in [-0.2, 0) is 9.53 Å². The van der Waals surface area contributed by atoms with Gasteiger partial charge < -0.3 is 15.0 Å². The molecule has 1 N–H and O–H groups in total. The average molecular weight is 400 g/mol. The number of hydrogen-bond acceptors (Lipinski definition) is 6. The molecule has 1 aromatic rings. The molecule has 9 nitrogen and oxygen atoms in total. The fourth-order valence-corrected chi connectivity index (χ4v) is 3.25. The monoisotopic (exact) mass is 400 g/mol. The number of carbonyl (C=O) groups is 2. The molecule has 0 spiro atoms. The first-order chi connectivity index (χ1) is 13.7. The second kappa shape index (κ2) is 8.23. The summed E-state index contributed by atoms with van der Waals surface area (Å²) in [6.07, 6.45) is 9.71. The number of carbonyl (C=O) groups excluding carboxylic acids is 2. The van der Waals surface area contributed by atoms with E-state index in [-0.39, 0.29) is 18.0 Å². The van der Waals surface area contributed by atoms with Crippen LogP contribution in [0.25, 0.3) is 0 Å². The van der Waals surface area contributed by atoms with Crippen molar-refractivity contribution in [3.63, 3.8) is 0 Å². The van der Waals surface area contributed by atoms with Gasteiger partial charge in [0.2, 0.25) is 5.91 Å². The smallest absolute Gasteiger partial charge is 0.410 e. The summed E-state index contributed by atoms with van der Waals surface area (Å²) in [6, 6.07) is 1.82. The van der Waals surface area contributed by atoms with Gasteiger partial charge in [-0.2, -0.15) is 15.3 Å². The molecule has 0 saturated carbocycles. The van der Waals surface area contributed by atoms with E-state index in [1.54, 1.807) is 15.6 Å². The van der Waals surface area contributed by atoms with E-state index in [1.807, 2.05) is 27.0 Å². The molecule has 1 aromatic heterocycles. The first kappa shape index (κ1) is 20.8. The Labute approximate surface area is 170 Å². The molecule has 0 aliphatic carbocycles. The number of likely N-dealkylation sites (tertiary alicyclic amines) is 1. The van der Waals surface area contributed by atoms with Crippen LogP contribution in [0.3, 0.4) is 0 Å². The van der Waals surface area contributed by atoms with Crippen LogP contribution in [0.15, 0.2) is 22.5 Å². The second-order valence-electron chi connectivity index (χ2n) is 8.48. The fraction of sp³-hybridized carbons (Fsp3) is 0.650. The second-order valence-corrected chi connectivity index (χ2v) is 8.48. The molecule has 156 valence electrons. The van der Waals surface area contributed by atoms with Gasteiger partial charge in [-0.3, -0.25) is 9.48 Å². The van der Waals surface area contributed by atoms with E-state index in [9.17, 15) is 9.59 Å². The first-order valence-electron chi connectivity index (χ1n) is 9.90. The van der Waals surface area contributed by atoms with E-state index >= 15 is 0 Å². The van der Waals surface area contributed by atoms with Crippen LogP contribution in [0.1, 0.15) is 58.9 Å². The van der Waals surface area contributed by atoms with Gasteiger partial charge in [0.1, 0.15) is 5.60 Å². The van der Waals surface area contributed by atoms with Gasteiger partial charge in [-0.15, -0.1) is 12.3 Å². The minimum absolute atomic E-state index is 0.0595. The Bertz CT molecular complexity index is 826. The standard InChI is InChI=1S/C20H28N6O3/c1-5-6-10-20(23-24-20)11-7-17(27)21-16-9-13-26(22-16)15-8-12-25(14-15)18(28)29-19(2,3)4/h1,9,13,15H,6-8,10-12,14H2,2-4H3,(H,21,22,27). The highest BCUT2D eigenvalue weighted by Gasteiger charge is 2.39. The number of terminal acetylenes is 1. The highest BCUT2D eigenvalue weighted by molar-refractivity contribution is 5.89. The van der Waals surface area contributed by atoms with E-state index < -0.39 is 11.3 Å². The van der Waals surface area contributed by atoms with E-state index in [4.69, 9.17) is 11.2 Å². The van der Waals surface area contributed by atoms with E-state index in [0.717, 1.165) is 6.42 Å². The molecular weight excluding hydrogens is 372 g/mol. The van der Waals surface area contributed by atoms with Gasteiger partial charge in [-0.1, -0.05) is 0 Å². The van der Waals surface area contributed by atoms with Crippen LogP contribution in [-0.4, -0.2) is 51.0 Å². The highest BCUT2D eigenvalue weighted by Crippen LogP contribution is 2.37. The summed E-state index contributed by atoms with van der Waals surface area (Å²) in [6.45, 7) is 6.70. The Morgan fingerprint density at radius 3 is 2.79 bits per heavy atom. The zero-order valence-electron chi connectivity index (χ0n) is 17.2. The zero-order valence-corrected chi connectivity index (χ0v) is 17.2. The van der Waals surface area contributed by atoms with Crippen LogP contribution < -0.4 is 5.32 Å². The van der Waals surface area contributed by atoms with Gasteiger partial charge >= 0.3 is 6.09 Å². The average Bonchev–Trinajstić information content (AvgIpc) is 3.04. The predicted molar refractivity (Wildman–Crippen MR) is 107 cm³/mol.